The van der Waals surface area contributed by atoms with Crippen molar-refractivity contribution >= 4 is 5.82 Å². The molecule has 0 radical (unpaired) electrons. The van der Waals surface area contributed by atoms with Gasteiger partial charge in [0.05, 0.1) is 6.61 Å². The Labute approximate surface area is 108 Å². The van der Waals surface area contributed by atoms with Crippen molar-refractivity contribution in [3.05, 3.63) is 23.9 Å². The molecular weight excluding hydrogens is 228 g/mol. The van der Waals surface area contributed by atoms with Gasteiger partial charge >= 0.3 is 0 Å². The number of ether oxygens (including phenoxy) is 1. The van der Waals surface area contributed by atoms with Crippen molar-refractivity contribution in [2.75, 3.05) is 32.2 Å². The van der Waals surface area contributed by atoms with E-state index >= 15 is 0 Å². The van der Waals surface area contributed by atoms with Crippen LogP contribution in [-0.4, -0.2) is 36.7 Å². The van der Waals surface area contributed by atoms with Crippen LogP contribution < -0.4 is 11.3 Å². The number of rotatable bonds is 5. The zero-order valence-electron chi connectivity index (χ0n) is 10.9. The third kappa shape index (κ3) is 3.94. The Morgan fingerprint density at radius 3 is 3.06 bits per heavy atom. The number of nitrogens with one attached hydrogen (secondary N) is 1. The summed E-state index contributed by atoms with van der Waals surface area (Å²) in [5.74, 6) is 6.65. The fraction of sp³-hybridized carbons (Fsp3) is 0.615. The Balaban J connectivity index is 1.80. The molecule has 1 saturated heterocycles. The van der Waals surface area contributed by atoms with Crippen LogP contribution >= 0.6 is 0 Å². The van der Waals surface area contributed by atoms with E-state index in [9.17, 15) is 0 Å². The predicted octanol–water partition coefficient (Wildman–Crippen LogP) is 1.23. The molecule has 100 valence electrons. The van der Waals surface area contributed by atoms with E-state index in [0.717, 1.165) is 26.3 Å². The molecule has 0 spiro atoms. The van der Waals surface area contributed by atoms with Crippen LogP contribution in [0.15, 0.2) is 18.3 Å². The largest absolute Gasteiger partial charge is 0.381 e. The maximum Gasteiger partial charge on any atom is 0.139 e. The minimum absolute atomic E-state index is 0.668. The van der Waals surface area contributed by atoms with Crippen LogP contribution in [0, 0.1) is 5.92 Å². The van der Waals surface area contributed by atoms with Gasteiger partial charge in [-0.15, -0.1) is 0 Å². The van der Waals surface area contributed by atoms with Crippen LogP contribution in [0.5, 0.6) is 0 Å². The monoisotopic (exact) mass is 250 g/mol. The van der Waals surface area contributed by atoms with E-state index < -0.39 is 0 Å². The van der Waals surface area contributed by atoms with E-state index in [1.54, 1.807) is 0 Å². The molecule has 18 heavy (non-hydrogen) atoms. The number of aromatic nitrogens is 1. The van der Waals surface area contributed by atoms with Crippen molar-refractivity contribution in [2.24, 2.45) is 11.8 Å². The molecule has 1 aromatic rings. The molecule has 1 atom stereocenters. The van der Waals surface area contributed by atoms with Gasteiger partial charge in [-0.3, -0.25) is 0 Å². The molecule has 0 bridgehead atoms. The van der Waals surface area contributed by atoms with Gasteiger partial charge in [0, 0.05) is 25.9 Å². The third-order valence-corrected chi connectivity index (χ3v) is 3.25. The second-order valence-corrected chi connectivity index (χ2v) is 4.98. The summed E-state index contributed by atoms with van der Waals surface area (Å²) in [6, 6.07) is 3.95. The molecule has 0 aromatic carbocycles. The fourth-order valence-corrected chi connectivity index (χ4v) is 2.37. The normalized spacial score (nSPS) is 20.1. The Morgan fingerprint density at radius 2 is 2.44 bits per heavy atom. The predicted molar refractivity (Wildman–Crippen MR) is 71.9 cm³/mol. The van der Waals surface area contributed by atoms with Gasteiger partial charge in [0.2, 0.25) is 0 Å². The van der Waals surface area contributed by atoms with Gasteiger partial charge in [-0.25, -0.2) is 10.8 Å². The van der Waals surface area contributed by atoms with E-state index in [4.69, 9.17) is 10.6 Å². The molecule has 5 nitrogen and oxygen atoms in total. The number of hydrogen-bond donors (Lipinski definition) is 2. The molecule has 1 aromatic heterocycles. The van der Waals surface area contributed by atoms with Gasteiger partial charge in [-0.1, -0.05) is 6.07 Å². The first-order valence-corrected chi connectivity index (χ1v) is 6.46. The second kappa shape index (κ2) is 6.68. The maximum absolute atomic E-state index is 5.50. The Bertz CT molecular complexity index is 349. The molecule has 1 fully saturated rings. The summed E-state index contributed by atoms with van der Waals surface area (Å²) in [5, 5.41) is 0. The highest BCUT2D eigenvalue weighted by Crippen LogP contribution is 2.15. The molecule has 0 amide bonds. The standard InChI is InChI=1S/C13H22N4O/c1-17(9-12-3-2-6-18-10-12)8-11-4-5-13(16-14)15-7-11/h4-5,7,12H,2-3,6,8-10,14H2,1H3,(H,15,16). The average Bonchev–Trinajstić information content (AvgIpc) is 2.40. The summed E-state index contributed by atoms with van der Waals surface area (Å²) in [4.78, 5) is 6.53. The van der Waals surface area contributed by atoms with E-state index in [0.29, 0.717) is 11.7 Å². The Hall–Kier alpha value is -1.17. The molecular formula is C13H22N4O. The number of pyridine rings is 1. The summed E-state index contributed by atoms with van der Waals surface area (Å²) in [5.41, 5.74) is 3.73. The van der Waals surface area contributed by atoms with E-state index in [1.807, 2.05) is 12.3 Å². The lowest BCUT2D eigenvalue weighted by molar-refractivity contribution is 0.0411. The van der Waals surface area contributed by atoms with Gasteiger partial charge in [0.15, 0.2) is 0 Å². The maximum atomic E-state index is 5.50. The molecule has 2 heterocycles. The van der Waals surface area contributed by atoms with Crippen LogP contribution in [0.3, 0.4) is 0 Å². The van der Waals surface area contributed by atoms with Gasteiger partial charge < -0.3 is 15.1 Å². The van der Waals surface area contributed by atoms with Crippen molar-refractivity contribution in [1.29, 1.82) is 0 Å². The summed E-state index contributed by atoms with van der Waals surface area (Å²) in [6.07, 6.45) is 4.33. The van der Waals surface area contributed by atoms with Gasteiger partial charge in [0.1, 0.15) is 5.82 Å². The van der Waals surface area contributed by atoms with Gasteiger partial charge in [0.25, 0.3) is 0 Å². The minimum atomic E-state index is 0.668. The molecule has 0 saturated carbocycles. The topological polar surface area (TPSA) is 63.4 Å². The summed E-state index contributed by atoms with van der Waals surface area (Å²) >= 11 is 0. The number of nitrogens with zero attached hydrogens (tertiary/aromatic N) is 2. The van der Waals surface area contributed by atoms with Crippen molar-refractivity contribution < 1.29 is 4.74 Å². The molecule has 2 rings (SSSR count). The van der Waals surface area contributed by atoms with Crippen LogP contribution in [0.4, 0.5) is 5.82 Å². The molecule has 1 aliphatic heterocycles. The lowest BCUT2D eigenvalue weighted by atomic mass is 10.0. The van der Waals surface area contributed by atoms with Crippen LogP contribution in [0.25, 0.3) is 0 Å². The van der Waals surface area contributed by atoms with E-state index in [-0.39, 0.29) is 0 Å². The van der Waals surface area contributed by atoms with Crippen molar-refractivity contribution in [1.82, 2.24) is 9.88 Å². The number of hydrazine groups is 1. The van der Waals surface area contributed by atoms with E-state index in [1.165, 1.54) is 18.4 Å². The van der Waals surface area contributed by atoms with Crippen molar-refractivity contribution in [2.45, 2.75) is 19.4 Å². The first-order chi connectivity index (χ1) is 8.78. The molecule has 5 heteroatoms. The van der Waals surface area contributed by atoms with Crippen molar-refractivity contribution in [3.63, 3.8) is 0 Å². The van der Waals surface area contributed by atoms with Gasteiger partial charge in [-0.05, 0) is 37.4 Å². The van der Waals surface area contributed by atoms with Crippen molar-refractivity contribution in [3.8, 4) is 0 Å². The molecule has 1 aliphatic rings. The van der Waals surface area contributed by atoms with Crippen LogP contribution in [-0.2, 0) is 11.3 Å². The zero-order chi connectivity index (χ0) is 12.8. The summed E-state index contributed by atoms with van der Waals surface area (Å²) < 4.78 is 5.50. The lowest BCUT2D eigenvalue weighted by Gasteiger charge is -2.27. The quantitative estimate of drug-likeness (QED) is 0.608. The third-order valence-electron chi connectivity index (χ3n) is 3.25. The highest BCUT2D eigenvalue weighted by atomic mass is 16.5. The highest BCUT2D eigenvalue weighted by molar-refractivity contribution is 5.33. The number of nitrogens with two attached hydrogens (primary N) is 1. The molecule has 3 N–H and O–H groups in total. The highest BCUT2D eigenvalue weighted by Gasteiger charge is 2.15. The van der Waals surface area contributed by atoms with Crippen LogP contribution in [0.2, 0.25) is 0 Å². The molecule has 1 unspecified atom stereocenters. The number of anilines is 1. The Kier molecular flexibility index (Phi) is 4.92. The SMILES string of the molecule is CN(Cc1ccc(NN)nc1)CC1CCCOC1. The second-order valence-electron chi connectivity index (χ2n) is 4.98. The smallest absolute Gasteiger partial charge is 0.139 e. The van der Waals surface area contributed by atoms with Gasteiger partial charge in [-0.2, -0.15) is 0 Å². The lowest BCUT2D eigenvalue weighted by Crippen LogP contribution is -2.30. The summed E-state index contributed by atoms with van der Waals surface area (Å²) in [6.45, 7) is 3.82. The minimum Gasteiger partial charge on any atom is -0.381 e. The van der Waals surface area contributed by atoms with Crippen LogP contribution in [0.1, 0.15) is 18.4 Å². The Morgan fingerprint density at radius 1 is 1.56 bits per heavy atom. The first kappa shape index (κ1) is 13.3. The number of hydrogen-bond acceptors (Lipinski definition) is 5. The average molecular weight is 250 g/mol. The molecule has 0 aliphatic carbocycles. The summed E-state index contributed by atoms with van der Waals surface area (Å²) in [7, 11) is 2.14. The first-order valence-electron chi connectivity index (χ1n) is 6.46. The number of nitrogen functional groups attached to an aromatic ring is 1. The fourth-order valence-electron chi connectivity index (χ4n) is 2.37. The zero-order valence-corrected chi connectivity index (χ0v) is 10.9. The van der Waals surface area contributed by atoms with E-state index in [2.05, 4.69) is 28.4 Å².